The molecule has 0 amide bonds. The zero-order valence-corrected chi connectivity index (χ0v) is 11.6. The summed E-state index contributed by atoms with van der Waals surface area (Å²) in [6, 6.07) is 18.3. The SMILES string of the molecule is OCCSCc1ccc(OCc2ccccc2)cc1. The summed E-state index contributed by atoms with van der Waals surface area (Å²) in [4.78, 5) is 0. The zero-order chi connectivity index (χ0) is 13.3. The fourth-order valence-corrected chi connectivity index (χ4v) is 2.38. The molecule has 0 aliphatic rings. The van der Waals surface area contributed by atoms with Gasteiger partial charge in [0.05, 0.1) is 6.61 Å². The van der Waals surface area contributed by atoms with Crippen molar-refractivity contribution in [1.29, 1.82) is 0 Å². The monoisotopic (exact) mass is 274 g/mol. The Hall–Kier alpha value is -1.45. The molecule has 0 bridgehead atoms. The summed E-state index contributed by atoms with van der Waals surface area (Å²) in [5.74, 6) is 2.60. The number of rotatable bonds is 7. The summed E-state index contributed by atoms with van der Waals surface area (Å²) < 4.78 is 5.73. The summed E-state index contributed by atoms with van der Waals surface area (Å²) in [7, 11) is 0. The number of ether oxygens (including phenoxy) is 1. The summed E-state index contributed by atoms with van der Waals surface area (Å²) in [5, 5.41) is 8.73. The molecule has 0 aliphatic carbocycles. The fourth-order valence-electron chi connectivity index (χ4n) is 1.68. The number of benzene rings is 2. The van der Waals surface area contributed by atoms with Gasteiger partial charge in [-0.25, -0.2) is 0 Å². The summed E-state index contributed by atoms with van der Waals surface area (Å²) in [6.07, 6.45) is 0. The molecule has 0 fully saturated rings. The van der Waals surface area contributed by atoms with Crippen molar-refractivity contribution >= 4 is 11.8 Å². The lowest BCUT2D eigenvalue weighted by molar-refractivity contribution is 0.306. The lowest BCUT2D eigenvalue weighted by Crippen LogP contribution is -1.95. The molecular weight excluding hydrogens is 256 g/mol. The van der Waals surface area contributed by atoms with Crippen molar-refractivity contribution in [3.8, 4) is 5.75 Å². The van der Waals surface area contributed by atoms with Crippen LogP contribution in [0, 0.1) is 0 Å². The topological polar surface area (TPSA) is 29.5 Å². The van der Waals surface area contributed by atoms with Gasteiger partial charge in [0.1, 0.15) is 12.4 Å². The van der Waals surface area contributed by atoms with E-state index in [2.05, 4.69) is 24.3 Å². The number of hydrogen-bond acceptors (Lipinski definition) is 3. The quantitative estimate of drug-likeness (QED) is 0.784. The second-order valence-corrected chi connectivity index (χ2v) is 5.30. The molecule has 2 aromatic carbocycles. The van der Waals surface area contributed by atoms with Crippen LogP contribution in [0.2, 0.25) is 0 Å². The van der Waals surface area contributed by atoms with Crippen LogP contribution >= 0.6 is 11.8 Å². The largest absolute Gasteiger partial charge is 0.489 e. The van der Waals surface area contributed by atoms with E-state index >= 15 is 0 Å². The van der Waals surface area contributed by atoms with Crippen LogP contribution in [0.4, 0.5) is 0 Å². The van der Waals surface area contributed by atoms with Gasteiger partial charge in [-0.1, -0.05) is 42.5 Å². The average Bonchev–Trinajstić information content (AvgIpc) is 2.48. The van der Waals surface area contributed by atoms with E-state index in [1.807, 2.05) is 30.3 Å². The molecule has 0 aliphatic heterocycles. The maximum absolute atomic E-state index is 8.73. The molecular formula is C16H18O2S. The zero-order valence-electron chi connectivity index (χ0n) is 10.8. The predicted octanol–water partition coefficient (Wildman–Crippen LogP) is 3.49. The van der Waals surface area contributed by atoms with Crippen molar-refractivity contribution in [1.82, 2.24) is 0 Å². The first-order chi connectivity index (χ1) is 9.38. The standard InChI is InChI=1S/C16H18O2S/c17-10-11-19-13-15-6-8-16(9-7-15)18-12-14-4-2-1-3-5-14/h1-9,17H,10-13H2. The molecule has 2 rings (SSSR count). The molecule has 3 heteroatoms. The highest BCUT2D eigenvalue weighted by molar-refractivity contribution is 7.98. The van der Waals surface area contributed by atoms with E-state index in [9.17, 15) is 0 Å². The van der Waals surface area contributed by atoms with Crippen LogP contribution in [0.3, 0.4) is 0 Å². The van der Waals surface area contributed by atoms with Gasteiger partial charge in [0, 0.05) is 11.5 Å². The second kappa shape index (κ2) is 7.87. The van der Waals surface area contributed by atoms with Gasteiger partial charge in [0.2, 0.25) is 0 Å². The first-order valence-corrected chi connectivity index (χ1v) is 7.48. The number of thioether (sulfide) groups is 1. The maximum Gasteiger partial charge on any atom is 0.119 e. The third kappa shape index (κ3) is 4.97. The van der Waals surface area contributed by atoms with Crippen molar-refractivity contribution in [2.24, 2.45) is 0 Å². The van der Waals surface area contributed by atoms with Crippen molar-refractivity contribution < 1.29 is 9.84 Å². The molecule has 0 radical (unpaired) electrons. The number of aliphatic hydroxyl groups is 1. The van der Waals surface area contributed by atoms with Crippen LogP contribution in [0.5, 0.6) is 5.75 Å². The summed E-state index contributed by atoms with van der Waals surface area (Å²) in [6.45, 7) is 0.836. The fraction of sp³-hybridized carbons (Fsp3) is 0.250. The van der Waals surface area contributed by atoms with E-state index in [1.165, 1.54) is 11.1 Å². The molecule has 1 N–H and O–H groups in total. The molecule has 0 saturated heterocycles. The minimum absolute atomic E-state index is 0.239. The Bertz CT molecular complexity index is 468. The second-order valence-electron chi connectivity index (χ2n) is 4.19. The molecule has 0 heterocycles. The Kier molecular flexibility index (Phi) is 5.79. The normalized spacial score (nSPS) is 10.4. The van der Waals surface area contributed by atoms with Gasteiger partial charge >= 0.3 is 0 Å². The molecule has 0 aromatic heterocycles. The Morgan fingerprint density at radius 3 is 2.32 bits per heavy atom. The van der Waals surface area contributed by atoms with E-state index in [-0.39, 0.29) is 6.61 Å². The summed E-state index contributed by atoms with van der Waals surface area (Å²) in [5.41, 5.74) is 2.43. The van der Waals surface area contributed by atoms with E-state index in [4.69, 9.17) is 9.84 Å². The van der Waals surface area contributed by atoms with Crippen LogP contribution in [0.1, 0.15) is 11.1 Å². The molecule has 0 unspecified atom stereocenters. The van der Waals surface area contributed by atoms with Gasteiger partial charge in [0.25, 0.3) is 0 Å². The highest BCUT2D eigenvalue weighted by atomic mass is 32.2. The minimum atomic E-state index is 0.239. The van der Waals surface area contributed by atoms with E-state index in [0.717, 1.165) is 17.3 Å². The third-order valence-electron chi connectivity index (χ3n) is 2.68. The molecule has 19 heavy (non-hydrogen) atoms. The lowest BCUT2D eigenvalue weighted by atomic mass is 10.2. The average molecular weight is 274 g/mol. The Balaban J connectivity index is 1.81. The first-order valence-electron chi connectivity index (χ1n) is 6.33. The van der Waals surface area contributed by atoms with Gasteiger partial charge in [0.15, 0.2) is 0 Å². The van der Waals surface area contributed by atoms with Crippen LogP contribution in [0.25, 0.3) is 0 Å². The van der Waals surface area contributed by atoms with Crippen molar-refractivity contribution in [3.05, 3.63) is 65.7 Å². The Morgan fingerprint density at radius 2 is 1.63 bits per heavy atom. The van der Waals surface area contributed by atoms with Gasteiger partial charge in [-0.05, 0) is 23.3 Å². The van der Waals surface area contributed by atoms with Crippen LogP contribution in [0.15, 0.2) is 54.6 Å². The van der Waals surface area contributed by atoms with Crippen LogP contribution in [-0.4, -0.2) is 17.5 Å². The number of aliphatic hydroxyl groups excluding tert-OH is 1. The van der Waals surface area contributed by atoms with E-state index < -0.39 is 0 Å². The molecule has 2 nitrogen and oxygen atoms in total. The maximum atomic E-state index is 8.73. The molecule has 2 aromatic rings. The van der Waals surface area contributed by atoms with Gasteiger partial charge in [-0.2, -0.15) is 11.8 Å². The lowest BCUT2D eigenvalue weighted by Gasteiger charge is -2.07. The molecule has 0 atom stereocenters. The van der Waals surface area contributed by atoms with Gasteiger partial charge in [-0.3, -0.25) is 0 Å². The van der Waals surface area contributed by atoms with Crippen molar-refractivity contribution in [2.45, 2.75) is 12.4 Å². The Morgan fingerprint density at radius 1 is 0.895 bits per heavy atom. The molecule has 0 spiro atoms. The first kappa shape index (κ1) is 14.0. The van der Waals surface area contributed by atoms with E-state index in [0.29, 0.717) is 6.61 Å². The van der Waals surface area contributed by atoms with Crippen LogP contribution in [-0.2, 0) is 12.4 Å². The molecule has 100 valence electrons. The minimum Gasteiger partial charge on any atom is -0.489 e. The summed E-state index contributed by atoms with van der Waals surface area (Å²) >= 11 is 1.73. The third-order valence-corrected chi connectivity index (χ3v) is 3.68. The predicted molar refractivity (Wildman–Crippen MR) is 80.5 cm³/mol. The number of hydrogen-bond donors (Lipinski definition) is 1. The van der Waals surface area contributed by atoms with Crippen molar-refractivity contribution in [2.75, 3.05) is 12.4 Å². The highest BCUT2D eigenvalue weighted by Crippen LogP contribution is 2.17. The molecule has 0 saturated carbocycles. The van der Waals surface area contributed by atoms with Gasteiger partial charge < -0.3 is 9.84 Å². The van der Waals surface area contributed by atoms with E-state index in [1.54, 1.807) is 11.8 Å². The smallest absolute Gasteiger partial charge is 0.119 e. The van der Waals surface area contributed by atoms with Gasteiger partial charge in [-0.15, -0.1) is 0 Å². The van der Waals surface area contributed by atoms with Crippen molar-refractivity contribution in [3.63, 3.8) is 0 Å². The van der Waals surface area contributed by atoms with Crippen LogP contribution < -0.4 is 4.74 Å². The Labute approximate surface area is 118 Å². The highest BCUT2D eigenvalue weighted by Gasteiger charge is 1.97.